The Labute approximate surface area is 79.0 Å². The van der Waals surface area contributed by atoms with Crippen molar-refractivity contribution in [3.8, 4) is 0 Å². The highest BCUT2D eigenvalue weighted by molar-refractivity contribution is 5.92. The zero-order valence-corrected chi connectivity index (χ0v) is 8.45. The van der Waals surface area contributed by atoms with Gasteiger partial charge in [-0.15, -0.1) is 0 Å². The van der Waals surface area contributed by atoms with Crippen LogP contribution < -0.4 is 0 Å². The summed E-state index contributed by atoms with van der Waals surface area (Å²) in [7, 11) is 3.75. The molecule has 13 heavy (non-hydrogen) atoms. The summed E-state index contributed by atoms with van der Waals surface area (Å²) in [6.07, 6.45) is 4.53. The van der Waals surface area contributed by atoms with E-state index in [4.69, 9.17) is 0 Å². The molecule has 0 aromatic carbocycles. The quantitative estimate of drug-likeness (QED) is 0.658. The van der Waals surface area contributed by atoms with Crippen molar-refractivity contribution in [3.63, 3.8) is 0 Å². The second kappa shape index (κ2) is 3.50. The maximum Gasteiger partial charge on any atom is 0.160 e. The molecule has 0 bridgehead atoms. The molecule has 0 aromatic heterocycles. The van der Waals surface area contributed by atoms with Crippen LogP contribution in [0.2, 0.25) is 0 Å². The predicted octanol–water partition coefficient (Wildman–Crippen LogP) is 0.792. The second-order valence-corrected chi connectivity index (χ2v) is 4.28. The summed E-state index contributed by atoms with van der Waals surface area (Å²) in [5, 5.41) is 9.42. The molecular formula is C10H17NO2. The molecule has 1 saturated carbocycles. The van der Waals surface area contributed by atoms with Gasteiger partial charge >= 0.3 is 0 Å². The van der Waals surface area contributed by atoms with E-state index in [0.717, 1.165) is 0 Å². The molecule has 3 nitrogen and oxygen atoms in total. The molecule has 0 heterocycles. The van der Waals surface area contributed by atoms with Gasteiger partial charge in [-0.3, -0.25) is 4.79 Å². The summed E-state index contributed by atoms with van der Waals surface area (Å²) in [6, 6.07) is 0. The van der Waals surface area contributed by atoms with Crippen LogP contribution in [0.4, 0.5) is 0 Å². The van der Waals surface area contributed by atoms with Crippen LogP contribution in [-0.4, -0.2) is 35.5 Å². The molecular weight excluding hydrogens is 166 g/mol. The van der Waals surface area contributed by atoms with Crippen molar-refractivity contribution in [2.45, 2.75) is 25.4 Å². The third kappa shape index (κ3) is 2.84. The Bertz CT molecular complexity index is 223. The first kappa shape index (κ1) is 10.3. The lowest BCUT2D eigenvalue weighted by Crippen LogP contribution is -2.43. The number of nitrogens with zero attached hydrogens (tertiary/aromatic N) is 1. The molecule has 0 radical (unpaired) electrons. The topological polar surface area (TPSA) is 40.5 Å². The highest BCUT2D eigenvalue weighted by Crippen LogP contribution is 2.37. The van der Waals surface area contributed by atoms with Gasteiger partial charge in [-0.1, -0.05) is 0 Å². The molecule has 1 aliphatic rings. The first-order chi connectivity index (χ1) is 5.91. The minimum Gasteiger partial charge on any atom is -0.390 e. The Hall–Kier alpha value is -0.830. The summed E-state index contributed by atoms with van der Waals surface area (Å²) in [5.41, 5.74) is -0.605. The number of aliphatic hydroxyl groups is 1. The van der Waals surface area contributed by atoms with Gasteiger partial charge in [0.15, 0.2) is 5.78 Å². The van der Waals surface area contributed by atoms with Gasteiger partial charge in [0.1, 0.15) is 0 Å². The van der Waals surface area contributed by atoms with Crippen molar-refractivity contribution < 1.29 is 9.90 Å². The Morgan fingerprint density at radius 2 is 2.08 bits per heavy atom. The van der Waals surface area contributed by atoms with Crippen LogP contribution in [0.3, 0.4) is 0 Å². The van der Waals surface area contributed by atoms with E-state index in [0.29, 0.717) is 12.8 Å². The van der Waals surface area contributed by atoms with Gasteiger partial charge in [0.2, 0.25) is 0 Å². The Morgan fingerprint density at radius 3 is 2.46 bits per heavy atom. The zero-order chi connectivity index (χ0) is 10.1. The fourth-order valence-corrected chi connectivity index (χ4v) is 1.56. The summed E-state index contributed by atoms with van der Waals surface area (Å²) in [4.78, 5) is 13.2. The highest BCUT2D eigenvalue weighted by atomic mass is 16.3. The first-order valence-corrected chi connectivity index (χ1v) is 4.51. The van der Waals surface area contributed by atoms with Crippen LogP contribution >= 0.6 is 0 Å². The minimum absolute atomic E-state index is 0.0335. The minimum atomic E-state index is -0.605. The summed E-state index contributed by atoms with van der Waals surface area (Å²) in [6.45, 7) is 1.77. The number of ketones is 1. The van der Waals surface area contributed by atoms with Crippen LogP contribution in [0, 0.1) is 5.92 Å². The first-order valence-electron chi connectivity index (χ1n) is 4.51. The molecule has 0 aromatic rings. The standard InChI is InChI=1S/C10H17NO2/c1-10(13)6-8(7-10)9(12)4-5-11(2)3/h4-5,8,13H,6-7H2,1-3H3/b5-4+. The average Bonchev–Trinajstić information content (AvgIpc) is 1.95. The zero-order valence-electron chi connectivity index (χ0n) is 8.45. The molecule has 0 spiro atoms. The van der Waals surface area contributed by atoms with E-state index < -0.39 is 5.60 Å². The molecule has 1 N–H and O–H groups in total. The fraction of sp³-hybridized carbons (Fsp3) is 0.700. The van der Waals surface area contributed by atoms with E-state index in [9.17, 15) is 9.90 Å². The number of carbonyl (C=O) groups excluding carboxylic acids is 1. The Balaban J connectivity index is 2.35. The van der Waals surface area contributed by atoms with E-state index >= 15 is 0 Å². The Morgan fingerprint density at radius 1 is 1.54 bits per heavy atom. The smallest absolute Gasteiger partial charge is 0.160 e. The molecule has 1 aliphatic carbocycles. The largest absolute Gasteiger partial charge is 0.390 e. The van der Waals surface area contributed by atoms with Gasteiger partial charge in [-0.2, -0.15) is 0 Å². The van der Waals surface area contributed by atoms with E-state index in [1.54, 1.807) is 19.2 Å². The molecule has 0 amide bonds. The van der Waals surface area contributed by atoms with Gasteiger partial charge in [0.05, 0.1) is 5.60 Å². The molecule has 74 valence electrons. The van der Waals surface area contributed by atoms with Crippen molar-refractivity contribution in [1.82, 2.24) is 4.90 Å². The summed E-state index contributed by atoms with van der Waals surface area (Å²) >= 11 is 0. The van der Waals surface area contributed by atoms with Gasteiger partial charge in [-0.05, 0) is 25.8 Å². The molecule has 1 rings (SSSR count). The summed E-state index contributed by atoms with van der Waals surface area (Å²) in [5.74, 6) is 0.159. The van der Waals surface area contributed by atoms with Crippen LogP contribution in [-0.2, 0) is 4.79 Å². The van der Waals surface area contributed by atoms with E-state index in [-0.39, 0.29) is 11.7 Å². The van der Waals surface area contributed by atoms with Crippen molar-refractivity contribution in [2.75, 3.05) is 14.1 Å². The predicted molar refractivity (Wildman–Crippen MR) is 51.2 cm³/mol. The maximum atomic E-state index is 11.4. The second-order valence-electron chi connectivity index (χ2n) is 4.28. The number of rotatable bonds is 3. The molecule has 1 fully saturated rings. The molecule has 0 unspecified atom stereocenters. The number of hydrogen-bond acceptors (Lipinski definition) is 3. The van der Waals surface area contributed by atoms with Crippen molar-refractivity contribution >= 4 is 5.78 Å². The van der Waals surface area contributed by atoms with Gasteiger partial charge in [-0.25, -0.2) is 0 Å². The van der Waals surface area contributed by atoms with Crippen molar-refractivity contribution in [1.29, 1.82) is 0 Å². The molecule has 0 atom stereocenters. The van der Waals surface area contributed by atoms with E-state index in [1.807, 2.05) is 19.0 Å². The lowest BCUT2D eigenvalue weighted by atomic mass is 9.70. The van der Waals surface area contributed by atoms with Crippen molar-refractivity contribution in [2.24, 2.45) is 5.92 Å². The average molecular weight is 183 g/mol. The van der Waals surface area contributed by atoms with Crippen LogP contribution in [0.1, 0.15) is 19.8 Å². The summed E-state index contributed by atoms with van der Waals surface area (Å²) < 4.78 is 0. The molecule has 3 heteroatoms. The normalized spacial score (nSPS) is 33.1. The molecule has 0 aliphatic heterocycles. The van der Waals surface area contributed by atoms with E-state index in [1.165, 1.54) is 0 Å². The van der Waals surface area contributed by atoms with Crippen LogP contribution in [0.15, 0.2) is 12.3 Å². The molecule has 0 saturated heterocycles. The SMILES string of the molecule is CN(C)/C=C/C(=O)C1CC(C)(O)C1. The third-order valence-electron chi connectivity index (χ3n) is 2.31. The highest BCUT2D eigenvalue weighted by Gasteiger charge is 2.41. The van der Waals surface area contributed by atoms with Crippen LogP contribution in [0.25, 0.3) is 0 Å². The lowest BCUT2D eigenvalue weighted by Gasteiger charge is -2.39. The fourth-order valence-electron chi connectivity index (χ4n) is 1.56. The van der Waals surface area contributed by atoms with Gasteiger partial charge in [0.25, 0.3) is 0 Å². The van der Waals surface area contributed by atoms with Gasteiger partial charge < -0.3 is 10.0 Å². The monoisotopic (exact) mass is 183 g/mol. The van der Waals surface area contributed by atoms with Gasteiger partial charge in [0, 0.05) is 26.2 Å². The lowest BCUT2D eigenvalue weighted by molar-refractivity contribution is -0.131. The maximum absolute atomic E-state index is 11.4. The third-order valence-corrected chi connectivity index (χ3v) is 2.31. The Kier molecular flexibility index (Phi) is 2.76. The van der Waals surface area contributed by atoms with Crippen molar-refractivity contribution in [3.05, 3.63) is 12.3 Å². The number of hydrogen-bond donors (Lipinski definition) is 1. The number of allylic oxidation sites excluding steroid dienone is 1. The number of carbonyl (C=O) groups is 1. The van der Waals surface area contributed by atoms with Crippen LogP contribution in [0.5, 0.6) is 0 Å². The van der Waals surface area contributed by atoms with E-state index in [2.05, 4.69) is 0 Å².